The Kier molecular flexibility index (Phi) is 9.70. The molecule has 0 aromatic heterocycles. The standard InChI is InChI=1S/C22H28N4O4.HI/c1-4-29-20-14-16(10-11-19(20)28-3)25-22(23-2)24-12-7-13-26-17-8-5-6-9-18(17)30-15-21(26)27;/h5-6,8-11,14H,4,7,12-13,15H2,1-3H3,(H2,23,24,25);1H. The van der Waals surface area contributed by atoms with E-state index in [4.69, 9.17) is 14.2 Å². The number of aliphatic imine (C=N–C) groups is 1. The highest BCUT2D eigenvalue weighted by atomic mass is 127. The normalized spacial score (nSPS) is 12.9. The van der Waals surface area contributed by atoms with Crippen molar-refractivity contribution in [2.45, 2.75) is 13.3 Å². The van der Waals surface area contributed by atoms with Gasteiger partial charge in [-0.15, -0.1) is 24.0 Å². The van der Waals surface area contributed by atoms with Gasteiger partial charge in [0.2, 0.25) is 0 Å². The van der Waals surface area contributed by atoms with Crippen molar-refractivity contribution in [3.8, 4) is 17.2 Å². The molecule has 0 aliphatic carbocycles. The van der Waals surface area contributed by atoms with Gasteiger partial charge < -0.3 is 29.7 Å². The van der Waals surface area contributed by atoms with E-state index in [1.807, 2.05) is 49.4 Å². The fraction of sp³-hybridized carbons (Fsp3) is 0.364. The number of anilines is 2. The summed E-state index contributed by atoms with van der Waals surface area (Å²) in [5.41, 5.74) is 1.66. The summed E-state index contributed by atoms with van der Waals surface area (Å²) in [6.07, 6.45) is 0.758. The molecule has 2 N–H and O–H groups in total. The average Bonchev–Trinajstić information content (AvgIpc) is 2.77. The number of rotatable bonds is 8. The number of nitrogens with zero attached hydrogens (tertiary/aromatic N) is 2. The monoisotopic (exact) mass is 540 g/mol. The fourth-order valence-electron chi connectivity index (χ4n) is 3.18. The lowest BCUT2D eigenvalue weighted by atomic mass is 10.2. The van der Waals surface area contributed by atoms with E-state index in [1.165, 1.54) is 0 Å². The van der Waals surface area contributed by atoms with Gasteiger partial charge in [-0.1, -0.05) is 12.1 Å². The minimum Gasteiger partial charge on any atom is -0.493 e. The van der Waals surface area contributed by atoms with Crippen molar-refractivity contribution in [2.24, 2.45) is 4.99 Å². The lowest BCUT2D eigenvalue weighted by Gasteiger charge is -2.29. The molecule has 0 saturated heterocycles. The summed E-state index contributed by atoms with van der Waals surface area (Å²) in [5.74, 6) is 2.70. The molecule has 1 aliphatic rings. The topological polar surface area (TPSA) is 84.4 Å². The molecule has 0 fully saturated rings. The maximum atomic E-state index is 12.2. The minimum atomic E-state index is -0.0297. The molecular weight excluding hydrogens is 511 g/mol. The maximum absolute atomic E-state index is 12.2. The molecule has 1 aliphatic heterocycles. The number of para-hydroxylation sites is 2. The number of ether oxygens (including phenoxy) is 3. The van der Waals surface area contributed by atoms with Crippen molar-refractivity contribution in [3.63, 3.8) is 0 Å². The number of hydrogen-bond acceptors (Lipinski definition) is 5. The van der Waals surface area contributed by atoms with E-state index < -0.39 is 0 Å². The summed E-state index contributed by atoms with van der Waals surface area (Å²) in [4.78, 5) is 18.3. The molecule has 0 radical (unpaired) electrons. The molecule has 9 heteroatoms. The van der Waals surface area contributed by atoms with Crippen LogP contribution in [0.4, 0.5) is 11.4 Å². The zero-order chi connectivity index (χ0) is 21.3. The van der Waals surface area contributed by atoms with Crippen molar-refractivity contribution < 1.29 is 19.0 Å². The molecule has 2 aromatic carbocycles. The number of amides is 1. The van der Waals surface area contributed by atoms with Gasteiger partial charge in [0.15, 0.2) is 24.1 Å². The zero-order valence-corrected chi connectivity index (χ0v) is 20.3. The first-order valence-corrected chi connectivity index (χ1v) is 9.97. The summed E-state index contributed by atoms with van der Waals surface area (Å²) >= 11 is 0. The molecule has 0 atom stereocenters. The molecule has 168 valence electrons. The Bertz CT molecular complexity index is 907. The number of hydrogen-bond donors (Lipinski definition) is 2. The third-order valence-corrected chi connectivity index (χ3v) is 4.61. The lowest BCUT2D eigenvalue weighted by molar-refractivity contribution is -0.121. The van der Waals surface area contributed by atoms with Crippen LogP contribution in [0.15, 0.2) is 47.5 Å². The molecule has 1 heterocycles. The summed E-state index contributed by atoms with van der Waals surface area (Å²) in [6, 6.07) is 13.2. The molecule has 0 spiro atoms. The van der Waals surface area contributed by atoms with E-state index in [2.05, 4.69) is 15.6 Å². The van der Waals surface area contributed by atoms with Crippen LogP contribution >= 0.6 is 24.0 Å². The Morgan fingerprint density at radius 2 is 2.03 bits per heavy atom. The summed E-state index contributed by atoms with van der Waals surface area (Å²) in [6.45, 7) is 3.81. The lowest BCUT2D eigenvalue weighted by Crippen LogP contribution is -2.41. The van der Waals surface area contributed by atoms with Crippen LogP contribution in [0.5, 0.6) is 17.2 Å². The Morgan fingerprint density at radius 3 is 2.77 bits per heavy atom. The first-order chi connectivity index (χ1) is 14.7. The van der Waals surface area contributed by atoms with Crippen molar-refractivity contribution in [1.82, 2.24) is 5.32 Å². The van der Waals surface area contributed by atoms with Crippen molar-refractivity contribution in [3.05, 3.63) is 42.5 Å². The molecule has 0 unspecified atom stereocenters. The third-order valence-electron chi connectivity index (χ3n) is 4.61. The van der Waals surface area contributed by atoms with Gasteiger partial charge in [-0.05, 0) is 37.6 Å². The van der Waals surface area contributed by atoms with Crippen LogP contribution in [-0.2, 0) is 4.79 Å². The predicted octanol–water partition coefficient (Wildman–Crippen LogP) is 3.51. The first kappa shape index (κ1) is 24.6. The van der Waals surface area contributed by atoms with Crippen LogP contribution in [0.2, 0.25) is 0 Å². The number of guanidine groups is 1. The van der Waals surface area contributed by atoms with Gasteiger partial charge in [-0.3, -0.25) is 9.79 Å². The van der Waals surface area contributed by atoms with Gasteiger partial charge >= 0.3 is 0 Å². The number of carbonyl (C=O) groups is 1. The second kappa shape index (κ2) is 12.2. The van der Waals surface area contributed by atoms with Crippen molar-refractivity contribution >= 4 is 47.2 Å². The molecule has 2 aromatic rings. The molecule has 0 bridgehead atoms. The Balaban J connectivity index is 0.00000341. The second-order valence-corrected chi connectivity index (χ2v) is 6.58. The number of halogens is 1. The van der Waals surface area contributed by atoms with E-state index in [0.29, 0.717) is 37.2 Å². The number of fused-ring (bicyclic) bond motifs is 1. The van der Waals surface area contributed by atoms with Crippen LogP contribution in [0.1, 0.15) is 13.3 Å². The number of carbonyl (C=O) groups excluding carboxylic acids is 1. The average molecular weight is 540 g/mol. The molecular formula is C22H29IN4O4. The smallest absolute Gasteiger partial charge is 0.265 e. The van der Waals surface area contributed by atoms with E-state index in [0.717, 1.165) is 23.5 Å². The van der Waals surface area contributed by atoms with Gasteiger partial charge in [0.1, 0.15) is 5.75 Å². The summed E-state index contributed by atoms with van der Waals surface area (Å²) in [5, 5.41) is 6.52. The Labute approximate surface area is 200 Å². The molecule has 31 heavy (non-hydrogen) atoms. The van der Waals surface area contributed by atoms with Crippen LogP contribution in [0.25, 0.3) is 0 Å². The van der Waals surface area contributed by atoms with E-state index >= 15 is 0 Å². The number of nitrogens with one attached hydrogen (secondary N) is 2. The van der Waals surface area contributed by atoms with Crippen molar-refractivity contribution in [1.29, 1.82) is 0 Å². The van der Waals surface area contributed by atoms with E-state index in [9.17, 15) is 4.79 Å². The summed E-state index contributed by atoms with van der Waals surface area (Å²) < 4.78 is 16.4. The van der Waals surface area contributed by atoms with E-state index in [-0.39, 0.29) is 36.5 Å². The predicted molar refractivity (Wildman–Crippen MR) is 133 cm³/mol. The van der Waals surface area contributed by atoms with Crippen molar-refractivity contribution in [2.75, 3.05) is 50.7 Å². The van der Waals surface area contributed by atoms with Gasteiger partial charge in [0.25, 0.3) is 5.91 Å². The third kappa shape index (κ3) is 6.39. The quantitative estimate of drug-likeness (QED) is 0.231. The van der Waals surface area contributed by atoms with E-state index in [1.54, 1.807) is 19.1 Å². The maximum Gasteiger partial charge on any atom is 0.265 e. The SMILES string of the molecule is CCOc1cc(NC(=NC)NCCCN2C(=O)COc3ccccc32)ccc1OC.I. The van der Waals surface area contributed by atoms with Crippen LogP contribution in [0.3, 0.4) is 0 Å². The minimum absolute atomic E-state index is 0. The van der Waals surface area contributed by atoms with Crippen LogP contribution < -0.4 is 29.7 Å². The highest BCUT2D eigenvalue weighted by Gasteiger charge is 2.24. The molecule has 0 saturated carbocycles. The number of benzene rings is 2. The largest absolute Gasteiger partial charge is 0.493 e. The highest BCUT2D eigenvalue weighted by Crippen LogP contribution is 2.31. The highest BCUT2D eigenvalue weighted by molar-refractivity contribution is 14.0. The Hall–Kier alpha value is -2.69. The summed E-state index contributed by atoms with van der Waals surface area (Å²) in [7, 11) is 3.33. The Morgan fingerprint density at radius 1 is 1.23 bits per heavy atom. The molecule has 8 nitrogen and oxygen atoms in total. The van der Waals surface area contributed by atoms with Gasteiger partial charge in [0.05, 0.1) is 19.4 Å². The second-order valence-electron chi connectivity index (χ2n) is 6.58. The first-order valence-electron chi connectivity index (χ1n) is 9.97. The molecule has 3 rings (SSSR count). The number of methoxy groups -OCH3 is 1. The van der Waals surface area contributed by atoms with Gasteiger partial charge in [-0.25, -0.2) is 0 Å². The molecule has 1 amide bonds. The van der Waals surface area contributed by atoms with Gasteiger partial charge in [0, 0.05) is 31.9 Å². The van der Waals surface area contributed by atoms with Gasteiger partial charge in [-0.2, -0.15) is 0 Å². The zero-order valence-electron chi connectivity index (χ0n) is 18.0. The van der Waals surface area contributed by atoms with Crippen LogP contribution in [0, 0.1) is 0 Å². The fourth-order valence-corrected chi connectivity index (χ4v) is 3.18. The van der Waals surface area contributed by atoms with Crippen LogP contribution in [-0.4, -0.2) is 52.3 Å².